The van der Waals surface area contributed by atoms with Crippen molar-refractivity contribution in [2.75, 3.05) is 0 Å². The Hall–Kier alpha value is 0.584. The molecule has 71 valence electrons. The zero-order valence-electron chi connectivity index (χ0n) is 9.28. The molecular formula is C10H26V. The molecule has 0 rings (SSSR count). The van der Waals surface area contributed by atoms with Gasteiger partial charge in [-0.05, 0) is 0 Å². The summed E-state index contributed by atoms with van der Waals surface area (Å²) in [6, 6.07) is 0. The van der Waals surface area contributed by atoms with Crippen molar-refractivity contribution in [1.82, 2.24) is 0 Å². The first kappa shape index (κ1) is 29.9. The summed E-state index contributed by atoms with van der Waals surface area (Å²) in [7, 11) is 0. The van der Waals surface area contributed by atoms with Crippen LogP contribution in [0.15, 0.2) is 0 Å². The maximum Gasteiger partial charge on any atom is 2.00 e. The molecule has 0 aromatic rings. The Morgan fingerprint density at radius 1 is 0.727 bits per heavy atom. The van der Waals surface area contributed by atoms with Crippen LogP contribution in [-0.2, 0) is 18.6 Å². The van der Waals surface area contributed by atoms with Crippen LogP contribution in [0.4, 0.5) is 0 Å². The van der Waals surface area contributed by atoms with Gasteiger partial charge >= 0.3 is 18.6 Å². The molecule has 0 nitrogen and oxygen atoms in total. The summed E-state index contributed by atoms with van der Waals surface area (Å²) in [4.78, 5) is 0. The van der Waals surface area contributed by atoms with E-state index >= 15 is 0 Å². The number of rotatable bonds is 2. The molecule has 0 aliphatic rings. The molecule has 0 aliphatic carbocycles. The van der Waals surface area contributed by atoms with Crippen LogP contribution in [0.25, 0.3) is 0 Å². The largest absolute Gasteiger partial charge is 2.00 e. The first-order valence-electron chi connectivity index (χ1n) is 3.83. The Kier molecular flexibility index (Phi) is 126. The molecule has 0 unspecified atom stereocenters. The second-order valence-corrected chi connectivity index (χ2v) is 2.06. The molecule has 0 N–H and O–H groups in total. The standard InChI is InChI=1S/C5H12.C3H8.2CH3.V/c1-3-5-4-2;1-3-2;;;/h3-5H2,1-2H3;3H2,1-2H3;2*1H3;/q;;2*-1;+2. The van der Waals surface area contributed by atoms with Crippen molar-refractivity contribution >= 4 is 0 Å². The second kappa shape index (κ2) is 46.3. The van der Waals surface area contributed by atoms with E-state index in [1.807, 2.05) is 0 Å². The van der Waals surface area contributed by atoms with Gasteiger partial charge in [0.15, 0.2) is 0 Å². The third-order valence-corrected chi connectivity index (χ3v) is 0.707. The van der Waals surface area contributed by atoms with Crippen molar-refractivity contribution < 1.29 is 18.6 Å². The fourth-order valence-corrected chi connectivity index (χ4v) is 0.354. The quantitative estimate of drug-likeness (QED) is 0.571. The van der Waals surface area contributed by atoms with Gasteiger partial charge in [-0.1, -0.05) is 53.4 Å². The van der Waals surface area contributed by atoms with Crippen LogP contribution in [0.5, 0.6) is 0 Å². The number of hydrogen-bond donors (Lipinski definition) is 0. The van der Waals surface area contributed by atoms with Crippen molar-refractivity contribution in [1.29, 1.82) is 0 Å². The van der Waals surface area contributed by atoms with Crippen LogP contribution < -0.4 is 0 Å². The van der Waals surface area contributed by atoms with E-state index in [9.17, 15) is 0 Å². The summed E-state index contributed by atoms with van der Waals surface area (Å²) in [5.41, 5.74) is 0. The predicted octanol–water partition coefficient (Wildman–Crippen LogP) is 4.51. The van der Waals surface area contributed by atoms with Crippen LogP contribution in [0.1, 0.15) is 53.4 Å². The van der Waals surface area contributed by atoms with Gasteiger partial charge in [0.2, 0.25) is 0 Å². The summed E-state index contributed by atoms with van der Waals surface area (Å²) in [6.07, 6.45) is 5.33. The second-order valence-electron chi connectivity index (χ2n) is 2.06. The summed E-state index contributed by atoms with van der Waals surface area (Å²) in [6.45, 7) is 8.67. The van der Waals surface area contributed by atoms with Crippen LogP contribution in [0, 0.1) is 14.9 Å². The van der Waals surface area contributed by atoms with Crippen molar-refractivity contribution in [3.8, 4) is 0 Å². The molecular weight excluding hydrogens is 171 g/mol. The molecule has 0 heterocycles. The third-order valence-electron chi connectivity index (χ3n) is 0.707. The van der Waals surface area contributed by atoms with Crippen LogP contribution in [-0.4, -0.2) is 0 Å². The van der Waals surface area contributed by atoms with Crippen LogP contribution in [0.2, 0.25) is 0 Å². The van der Waals surface area contributed by atoms with Crippen molar-refractivity contribution in [2.45, 2.75) is 53.4 Å². The minimum absolute atomic E-state index is 0. The van der Waals surface area contributed by atoms with Gasteiger partial charge in [-0.25, -0.2) is 0 Å². The smallest absolute Gasteiger partial charge is 0.358 e. The molecule has 0 atom stereocenters. The van der Waals surface area contributed by atoms with Gasteiger partial charge in [0.25, 0.3) is 0 Å². The van der Waals surface area contributed by atoms with E-state index in [0.717, 1.165) is 0 Å². The van der Waals surface area contributed by atoms with E-state index in [2.05, 4.69) is 27.7 Å². The maximum atomic E-state index is 2.21. The fraction of sp³-hybridized carbons (Fsp3) is 0.800. The van der Waals surface area contributed by atoms with Gasteiger partial charge < -0.3 is 14.9 Å². The Bertz CT molecular complexity index is 18.8. The third kappa shape index (κ3) is 117. The zero-order valence-corrected chi connectivity index (χ0v) is 10.7. The maximum absolute atomic E-state index is 2.21. The molecule has 0 saturated carbocycles. The first-order chi connectivity index (χ1) is 3.83. The van der Waals surface area contributed by atoms with Gasteiger partial charge in [-0.2, -0.15) is 0 Å². The monoisotopic (exact) mass is 197 g/mol. The Morgan fingerprint density at radius 3 is 0.909 bits per heavy atom. The minimum atomic E-state index is 0. The van der Waals surface area contributed by atoms with Gasteiger partial charge in [0.1, 0.15) is 0 Å². The zero-order chi connectivity index (χ0) is 6.83. The molecule has 0 bridgehead atoms. The molecule has 0 amide bonds. The molecule has 0 saturated heterocycles. The van der Waals surface area contributed by atoms with Crippen LogP contribution >= 0.6 is 0 Å². The molecule has 11 heavy (non-hydrogen) atoms. The average Bonchev–Trinajstić information content (AvgIpc) is 1.71. The minimum Gasteiger partial charge on any atom is -0.358 e. The van der Waals surface area contributed by atoms with Crippen molar-refractivity contribution in [3.05, 3.63) is 14.9 Å². The van der Waals surface area contributed by atoms with Crippen molar-refractivity contribution in [3.63, 3.8) is 0 Å². The summed E-state index contributed by atoms with van der Waals surface area (Å²) in [5.74, 6) is 0. The van der Waals surface area contributed by atoms with Gasteiger partial charge in [0, 0.05) is 0 Å². The Morgan fingerprint density at radius 2 is 0.909 bits per heavy atom. The van der Waals surface area contributed by atoms with Crippen molar-refractivity contribution in [2.24, 2.45) is 0 Å². The fourth-order valence-electron chi connectivity index (χ4n) is 0.354. The number of unbranched alkanes of at least 4 members (excludes halogenated alkanes) is 2. The normalized spacial score (nSPS) is 5.45. The van der Waals surface area contributed by atoms with E-state index in [0.29, 0.717) is 0 Å². The van der Waals surface area contributed by atoms with E-state index in [1.165, 1.54) is 25.7 Å². The van der Waals surface area contributed by atoms with E-state index in [1.54, 1.807) is 0 Å². The Balaban J connectivity index is -0.0000000183. The first-order valence-corrected chi connectivity index (χ1v) is 3.83. The van der Waals surface area contributed by atoms with E-state index in [-0.39, 0.29) is 33.4 Å². The summed E-state index contributed by atoms with van der Waals surface area (Å²) in [5, 5.41) is 0. The molecule has 0 aromatic carbocycles. The molecule has 1 heteroatoms. The van der Waals surface area contributed by atoms with Gasteiger partial charge in [-0.15, -0.1) is 0 Å². The molecule has 0 spiro atoms. The molecule has 0 fully saturated rings. The van der Waals surface area contributed by atoms with Crippen LogP contribution in [0.3, 0.4) is 0 Å². The molecule has 1 radical (unpaired) electrons. The number of hydrogen-bond acceptors (Lipinski definition) is 0. The predicted molar refractivity (Wildman–Crippen MR) is 54.0 cm³/mol. The topological polar surface area (TPSA) is 0 Å². The summed E-state index contributed by atoms with van der Waals surface area (Å²) < 4.78 is 0. The van der Waals surface area contributed by atoms with Gasteiger partial charge in [-0.3, -0.25) is 0 Å². The van der Waals surface area contributed by atoms with E-state index in [4.69, 9.17) is 0 Å². The SMILES string of the molecule is CCC.CCCCC.[CH3-].[CH3-].[V+2]. The average molecular weight is 197 g/mol. The summed E-state index contributed by atoms with van der Waals surface area (Å²) >= 11 is 0. The van der Waals surface area contributed by atoms with Gasteiger partial charge in [0.05, 0.1) is 0 Å². The molecule has 0 aliphatic heterocycles. The molecule has 0 aromatic heterocycles. The van der Waals surface area contributed by atoms with E-state index < -0.39 is 0 Å². The Labute approximate surface area is 87.0 Å².